The Balaban J connectivity index is 2.94. The van der Waals surface area contributed by atoms with Crippen LogP contribution in [-0.2, 0) is 11.8 Å². The Morgan fingerprint density at radius 1 is 1.35 bits per heavy atom. The molecule has 0 atom stereocenters. The molecule has 0 amide bonds. The van der Waals surface area contributed by atoms with Crippen LogP contribution in [0.1, 0.15) is 67.3 Å². The van der Waals surface area contributed by atoms with Gasteiger partial charge in [0, 0.05) is 5.41 Å². The maximum absolute atomic E-state index is 11.2. The number of hydrogen-bond donors (Lipinski definition) is 1. The highest BCUT2D eigenvalue weighted by molar-refractivity contribution is 7.13. The molecular formula is C13H21NO2S. The van der Waals surface area contributed by atoms with Gasteiger partial charge in [0.1, 0.15) is 4.88 Å². The third-order valence-corrected chi connectivity index (χ3v) is 4.06. The number of carbonyl (C=O) groups is 1. The average Bonchev–Trinajstić information content (AvgIpc) is 2.61. The topological polar surface area (TPSA) is 50.2 Å². The van der Waals surface area contributed by atoms with Crippen molar-refractivity contribution in [3.05, 3.63) is 15.6 Å². The van der Waals surface area contributed by atoms with Crippen LogP contribution in [-0.4, -0.2) is 16.1 Å². The summed E-state index contributed by atoms with van der Waals surface area (Å²) >= 11 is 1.32. The minimum atomic E-state index is -0.843. The zero-order chi connectivity index (χ0) is 13.1. The van der Waals surface area contributed by atoms with Crippen LogP contribution < -0.4 is 0 Å². The summed E-state index contributed by atoms with van der Waals surface area (Å²) in [5.41, 5.74) is 0.693. The zero-order valence-electron chi connectivity index (χ0n) is 11.0. The number of aryl methyl sites for hydroxylation is 1. The van der Waals surface area contributed by atoms with Crippen LogP contribution in [0.5, 0.6) is 0 Å². The minimum absolute atomic E-state index is 0.0716. The maximum atomic E-state index is 11.2. The van der Waals surface area contributed by atoms with Gasteiger partial charge in [0.25, 0.3) is 0 Å². The lowest BCUT2D eigenvalue weighted by atomic mass is 9.98. The molecule has 96 valence electrons. The van der Waals surface area contributed by atoms with Crippen molar-refractivity contribution in [3.63, 3.8) is 0 Å². The van der Waals surface area contributed by atoms with E-state index in [2.05, 4.69) is 32.7 Å². The summed E-state index contributed by atoms with van der Waals surface area (Å²) in [7, 11) is 0. The Kier molecular flexibility index (Phi) is 4.69. The van der Waals surface area contributed by atoms with Crippen LogP contribution in [0.25, 0.3) is 0 Å². The molecule has 0 bridgehead atoms. The summed E-state index contributed by atoms with van der Waals surface area (Å²) in [6.07, 6.45) is 4.06. The van der Waals surface area contributed by atoms with Gasteiger partial charge in [-0.15, -0.1) is 11.3 Å². The third kappa shape index (κ3) is 3.80. The van der Waals surface area contributed by atoms with Crippen molar-refractivity contribution in [1.29, 1.82) is 0 Å². The molecule has 1 rings (SSSR count). The van der Waals surface area contributed by atoms with Crippen molar-refractivity contribution in [2.45, 2.75) is 58.8 Å². The first-order valence-electron chi connectivity index (χ1n) is 6.09. The van der Waals surface area contributed by atoms with E-state index in [4.69, 9.17) is 0 Å². The molecule has 0 spiro atoms. The summed E-state index contributed by atoms with van der Waals surface area (Å²) in [6, 6.07) is 0. The highest BCUT2D eigenvalue weighted by Crippen LogP contribution is 2.30. The molecule has 1 N–H and O–H groups in total. The highest BCUT2D eigenvalue weighted by Gasteiger charge is 2.24. The fraction of sp³-hybridized carbons (Fsp3) is 0.692. The van der Waals surface area contributed by atoms with Crippen LogP contribution in [0.3, 0.4) is 0 Å². The molecule has 0 radical (unpaired) electrons. The van der Waals surface area contributed by atoms with E-state index >= 15 is 0 Å². The van der Waals surface area contributed by atoms with Gasteiger partial charge in [-0.3, -0.25) is 0 Å². The Hall–Kier alpha value is -0.900. The maximum Gasteiger partial charge on any atom is 0.347 e. The molecule has 0 fully saturated rings. The van der Waals surface area contributed by atoms with Gasteiger partial charge in [0.2, 0.25) is 0 Å². The monoisotopic (exact) mass is 255 g/mol. The minimum Gasteiger partial charge on any atom is -0.477 e. The van der Waals surface area contributed by atoms with Crippen LogP contribution in [0.4, 0.5) is 0 Å². The lowest BCUT2D eigenvalue weighted by Crippen LogP contribution is -2.10. The average molecular weight is 255 g/mol. The standard InChI is InChI=1S/C13H21NO2S/c1-5-6-7-8-9-10(11(15)16)17-12(14-9)13(2,3)4/h5-8H2,1-4H3,(H,15,16). The number of hydrogen-bond acceptors (Lipinski definition) is 3. The van der Waals surface area contributed by atoms with Crippen LogP contribution in [0.2, 0.25) is 0 Å². The number of carboxylic acids is 1. The second-order valence-electron chi connectivity index (χ2n) is 5.31. The molecule has 17 heavy (non-hydrogen) atoms. The van der Waals surface area contributed by atoms with E-state index in [0.717, 1.165) is 36.4 Å². The van der Waals surface area contributed by atoms with Crippen LogP contribution in [0, 0.1) is 0 Å². The molecule has 1 heterocycles. The lowest BCUT2D eigenvalue weighted by molar-refractivity contribution is 0.0700. The largest absolute Gasteiger partial charge is 0.477 e. The number of aromatic carboxylic acids is 1. The smallest absolute Gasteiger partial charge is 0.347 e. The number of unbranched alkanes of at least 4 members (excludes halogenated alkanes) is 2. The second kappa shape index (κ2) is 5.63. The van der Waals surface area contributed by atoms with Crippen LogP contribution >= 0.6 is 11.3 Å². The summed E-state index contributed by atoms with van der Waals surface area (Å²) in [5, 5.41) is 10.1. The van der Waals surface area contributed by atoms with Gasteiger partial charge in [0.15, 0.2) is 0 Å². The highest BCUT2D eigenvalue weighted by atomic mass is 32.1. The van der Waals surface area contributed by atoms with Crippen molar-refractivity contribution < 1.29 is 9.90 Å². The molecule has 1 aromatic rings. The van der Waals surface area contributed by atoms with Crippen molar-refractivity contribution >= 4 is 17.3 Å². The first-order chi connectivity index (χ1) is 7.86. The molecule has 4 heteroatoms. The van der Waals surface area contributed by atoms with Gasteiger partial charge in [-0.05, 0) is 12.8 Å². The van der Waals surface area contributed by atoms with E-state index in [-0.39, 0.29) is 5.41 Å². The SMILES string of the molecule is CCCCCc1nc(C(C)(C)C)sc1C(=O)O. The molecule has 0 saturated heterocycles. The van der Waals surface area contributed by atoms with E-state index < -0.39 is 5.97 Å². The molecule has 0 aliphatic heterocycles. The molecule has 0 aliphatic rings. The Bertz CT molecular complexity index is 391. The van der Waals surface area contributed by atoms with E-state index in [0.29, 0.717) is 4.88 Å². The van der Waals surface area contributed by atoms with Gasteiger partial charge in [-0.2, -0.15) is 0 Å². The Labute approximate surface area is 107 Å². The molecule has 0 aliphatic carbocycles. The van der Waals surface area contributed by atoms with E-state index in [1.54, 1.807) is 0 Å². The molecule has 0 saturated carbocycles. The van der Waals surface area contributed by atoms with Crippen LogP contribution in [0.15, 0.2) is 0 Å². The summed E-state index contributed by atoms with van der Waals surface area (Å²) in [5.74, 6) is -0.843. The zero-order valence-corrected chi connectivity index (χ0v) is 11.9. The number of carboxylic acid groups (broad SMARTS) is 1. The van der Waals surface area contributed by atoms with E-state index in [9.17, 15) is 9.90 Å². The predicted octanol–water partition coefficient (Wildman–Crippen LogP) is 3.87. The lowest BCUT2D eigenvalue weighted by Gasteiger charge is -2.13. The molecule has 0 aromatic carbocycles. The molecule has 1 aromatic heterocycles. The summed E-state index contributed by atoms with van der Waals surface area (Å²) in [6.45, 7) is 8.33. The normalized spacial score (nSPS) is 11.8. The first kappa shape index (κ1) is 14.2. The van der Waals surface area contributed by atoms with Gasteiger partial charge in [0.05, 0.1) is 10.7 Å². The second-order valence-corrected chi connectivity index (χ2v) is 6.31. The fourth-order valence-corrected chi connectivity index (χ4v) is 2.56. The van der Waals surface area contributed by atoms with Crippen molar-refractivity contribution in [3.8, 4) is 0 Å². The van der Waals surface area contributed by atoms with Gasteiger partial charge < -0.3 is 5.11 Å². The fourth-order valence-electron chi connectivity index (χ4n) is 1.55. The predicted molar refractivity (Wildman–Crippen MR) is 71.0 cm³/mol. The molecular weight excluding hydrogens is 234 g/mol. The Morgan fingerprint density at radius 2 is 2.00 bits per heavy atom. The summed E-state index contributed by atoms with van der Waals surface area (Å²) in [4.78, 5) is 16.1. The number of aromatic nitrogens is 1. The molecule has 0 unspecified atom stereocenters. The first-order valence-corrected chi connectivity index (χ1v) is 6.91. The van der Waals surface area contributed by atoms with Gasteiger partial charge in [-0.25, -0.2) is 9.78 Å². The van der Waals surface area contributed by atoms with E-state index in [1.807, 2.05) is 0 Å². The number of rotatable bonds is 5. The number of nitrogens with zero attached hydrogens (tertiary/aromatic N) is 1. The quantitative estimate of drug-likeness (QED) is 0.812. The number of thiazole rings is 1. The summed E-state index contributed by atoms with van der Waals surface area (Å²) < 4.78 is 0. The van der Waals surface area contributed by atoms with Crippen molar-refractivity contribution in [2.24, 2.45) is 0 Å². The van der Waals surface area contributed by atoms with Gasteiger partial charge in [-0.1, -0.05) is 40.5 Å². The van der Waals surface area contributed by atoms with Crippen molar-refractivity contribution in [2.75, 3.05) is 0 Å². The van der Waals surface area contributed by atoms with Gasteiger partial charge >= 0.3 is 5.97 Å². The third-order valence-electron chi connectivity index (χ3n) is 2.55. The Morgan fingerprint density at radius 3 is 2.47 bits per heavy atom. The molecule has 3 nitrogen and oxygen atoms in total. The van der Waals surface area contributed by atoms with E-state index in [1.165, 1.54) is 11.3 Å². The van der Waals surface area contributed by atoms with Crippen molar-refractivity contribution in [1.82, 2.24) is 4.98 Å².